The fourth-order valence-electron chi connectivity index (χ4n) is 4.29. The number of fused-ring (bicyclic) bond motifs is 1. The lowest BCUT2D eigenvalue weighted by atomic mass is 9.95. The first-order chi connectivity index (χ1) is 18.1. The second kappa shape index (κ2) is 9.68. The molecule has 1 N–H and O–H groups in total. The van der Waals surface area contributed by atoms with Gasteiger partial charge in [0.15, 0.2) is 15.9 Å². The molecule has 7 nitrogen and oxygen atoms in total. The quantitative estimate of drug-likeness (QED) is 0.150. The summed E-state index contributed by atoms with van der Waals surface area (Å²) in [4.78, 5) is 28.4. The summed E-state index contributed by atoms with van der Waals surface area (Å²) in [6.07, 6.45) is 0. The van der Waals surface area contributed by atoms with E-state index in [1.165, 1.54) is 28.0 Å². The maximum atomic E-state index is 13.7. The fourth-order valence-corrected chi connectivity index (χ4v) is 6.11. The Morgan fingerprint density at radius 1 is 0.973 bits per heavy atom. The third-order valence-corrected chi connectivity index (χ3v) is 8.15. The van der Waals surface area contributed by atoms with Gasteiger partial charge in [0, 0.05) is 11.1 Å². The highest BCUT2D eigenvalue weighted by Crippen LogP contribution is 2.44. The van der Waals surface area contributed by atoms with E-state index in [1.54, 1.807) is 12.1 Å². The Morgan fingerprint density at radius 2 is 1.68 bits per heavy atom. The van der Waals surface area contributed by atoms with Gasteiger partial charge in [-0.05, 0) is 23.3 Å². The third kappa shape index (κ3) is 4.32. The molecule has 0 radical (unpaired) electrons. The van der Waals surface area contributed by atoms with Gasteiger partial charge in [0.1, 0.15) is 5.58 Å². The van der Waals surface area contributed by atoms with Crippen LogP contribution in [-0.4, -0.2) is 27.0 Å². The molecule has 0 spiro atoms. The standard InChI is InChI=1S/C28H19N3O4S2/c32-24(21-15-19-13-7-8-14-20(19)35-21)22-23(18-11-5-2-6-12-18)31(26(34)25(22)33)27-29-30-28(37-27)36-16-17-9-3-1-4-10-17/h1-15,23,33H,16H2/t23-/m0/s1. The first kappa shape index (κ1) is 23.2. The van der Waals surface area contributed by atoms with Gasteiger partial charge in [-0.15, -0.1) is 10.2 Å². The van der Waals surface area contributed by atoms with Crippen molar-refractivity contribution >= 4 is 50.9 Å². The zero-order valence-electron chi connectivity index (χ0n) is 19.3. The summed E-state index contributed by atoms with van der Waals surface area (Å²) in [5.41, 5.74) is 2.30. The van der Waals surface area contributed by atoms with Crippen LogP contribution in [0, 0.1) is 0 Å². The minimum absolute atomic E-state index is 0.0506. The average molecular weight is 526 g/mol. The molecule has 3 heterocycles. The van der Waals surface area contributed by atoms with Crippen molar-refractivity contribution < 1.29 is 19.1 Å². The SMILES string of the molecule is O=C(C1=C(O)C(=O)N(c2nnc(SCc3ccccc3)s2)[C@H]1c1ccccc1)c1cc2ccccc2o1. The molecule has 1 aliphatic heterocycles. The number of para-hydroxylation sites is 1. The highest BCUT2D eigenvalue weighted by atomic mass is 32.2. The zero-order valence-corrected chi connectivity index (χ0v) is 20.9. The van der Waals surface area contributed by atoms with Crippen molar-refractivity contribution in [2.45, 2.75) is 16.1 Å². The van der Waals surface area contributed by atoms with Crippen LogP contribution >= 0.6 is 23.1 Å². The zero-order chi connectivity index (χ0) is 25.4. The summed E-state index contributed by atoms with van der Waals surface area (Å²) in [5, 5.41) is 20.5. The second-order valence-electron chi connectivity index (χ2n) is 8.35. The first-order valence-electron chi connectivity index (χ1n) is 11.5. The molecule has 3 aromatic carbocycles. The van der Waals surface area contributed by atoms with Crippen molar-refractivity contribution in [3.8, 4) is 0 Å². The topological polar surface area (TPSA) is 96.5 Å². The van der Waals surface area contributed by atoms with Crippen LogP contribution in [0.4, 0.5) is 5.13 Å². The number of thioether (sulfide) groups is 1. The van der Waals surface area contributed by atoms with Crippen LogP contribution in [0.5, 0.6) is 0 Å². The smallest absolute Gasteiger partial charge is 0.296 e. The molecule has 0 unspecified atom stereocenters. The summed E-state index contributed by atoms with van der Waals surface area (Å²) in [7, 11) is 0. The second-order valence-corrected chi connectivity index (χ2v) is 10.5. The first-order valence-corrected chi connectivity index (χ1v) is 13.3. The number of hydrogen-bond donors (Lipinski definition) is 1. The van der Waals surface area contributed by atoms with Crippen molar-refractivity contribution in [3.63, 3.8) is 0 Å². The molecule has 0 saturated heterocycles. The van der Waals surface area contributed by atoms with Gasteiger partial charge in [-0.3, -0.25) is 14.5 Å². The molecule has 0 bridgehead atoms. The Bertz CT molecular complexity index is 1610. The predicted octanol–water partition coefficient (Wildman–Crippen LogP) is 6.36. The third-order valence-electron chi connectivity index (χ3n) is 6.02. The Morgan fingerprint density at radius 3 is 2.43 bits per heavy atom. The van der Waals surface area contributed by atoms with Gasteiger partial charge >= 0.3 is 0 Å². The lowest BCUT2D eigenvalue weighted by Crippen LogP contribution is -2.31. The number of carbonyl (C=O) groups is 2. The van der Waals surface area contributed by atoms with Crippen molar-refractivity contribution in [1.82, 2.24) is 10.2 Å². The normalized spacial score (nSPS) is 15.6. The fraction of sp³-hybridized carbons (Fsp3) is 0.0714. The van der Waals surface area contributed by atoms with E-state index in [-0.39, 0.29) is 11.3 Å². The number of carbonyl (C=O) groups excluding carboxylic acids is 2. The Hall–Kier alpha value is -4.21. The van der Waals surface area contributed by atoms with Crippen LogP contribution in [0.15, 0.2) is 111 Å². The predicted molar refractivity (Wildman–Crippen MR) is 143 cm³/mol. The largest absolute Gasteiger partial charge is 0.503 e. The van der Waals surface area contributed by atoms with Crippen LogP contribution in [0.25, 0.3) is 11.0 Å². The molecule has 37 heavy (non-hydrogen) atoms. The maximum Gasteiger partial charge on any atom is 0.296 e. The summed E-state index contributed by atoms with van der Waals surface area (Å²) in [6, 6.07) is 27.1. The van der Waals surface area contributed by atoms with E-state index >= 15 is 0 Å². The van der Waals surface area contributed by atoms with E-state index in [4.69, 9.17) is 4.42 Å². The van der Waals surface area contributed by atoms with Crippen molar-refractivity contribution in [3.05, 3.63) is 119 Å². The van der Waals surface area contributed by atoms with Gasteiger partial charge in [-0.25, -0.2) is 0 Å². The number of hydrogen-bond acceptors (Lipinski definition) is 8. The molecule has 1 aliphatic rings. The summed E-state index contributed by atoms with van der Waals surface area (Å²) in [6.45, 7) is 0. The molecule has 2 aromatic heterocycles. The van der Waals surface area contributed by atoms with Crippen LogP contribution in [-0.2, 0) is 10.5 Å². The van der Waals surface area contributed by atoms with Crippen LogP contribution < -0.4 is 4.90 Å². The number of nitrogens with zero attached hydrogens (tertiary/aromatic N) is 3. The van der Waals surface area contributed by atoms with E-state index in [2.05, 4.69) is 10.2 Å². The van der Waals surface area contributed by atoms with Gasteiger partial charge in [0.2, 0.25) is 10.9 Å². The van der Waals surface area contributed by atoms with E-state index in [9.17, 15) is 14.7 Å². The maximum absolute atomic E-state index is 13.7. The average Bonchev–Trinajstić information content (AvgIpc) is 3.65. The highest BCUT2D eigenvalue weighted by Gasteiger charge is 2.46. The minimum atomic E-state index is -0.880. The molecular weight excluding hydrogens is 506 g/mol. The number of Topliss-reactive ketones (excluding diaryl/α,β-unsaturated/α-hetero) is 1. The summed E-state index contributed by atoms with van der Waals surface area (Å²) in [5.74, 6) is -1.13. The number of anilines is 1. The number of rotatable bonds is 7. The minimum Gasteiger partial charge on any atom is -0.503 e. The van der Waals surface area contributed by atoms with Crippen LogP contribution in [0.1, 0.15) is 27.7 Å². The monoisotopic (exact) mass is 525 g/mol. The number of aliphatic hydroxyl groups is 1. The Labute approximate surface area is 220 Å². The van der Waals surface area contributed by atoms with Crippen LogP contribution in [0.2, 0.25) is 0 Å². The lowest BCUT2D eigenvalue weighted by Gasteiger charge is -2.23. The van der Waals surface area contributed by atoms with E-state index < -0.39 is 23.5 Å². The van der Waals surface area contributed by atoms with Gasteiger partial charge in [0.25, 0.3) is 5.91 Å². The highest BCUT2D eigenvalue weighted by molar-refractivity contribution is 8.00. The van der Waals surface area contributed by atoms with Crippen molar-refractivity contribution in [2.75, 3.05) is 4.90 Å². The Kier molecular flexibility index (Phi) is 6.07. The number of aliphatic hydroxyl groups excluding tert-OH is 1. The van der Waals surface area contributed by atoms with Crippen molar-refractivity contribution in [2.24, 2.45) is 0 Å². The number of aromatic nitrogens is 2. The van der Waals surface area contributed by atoms with Gasteiger partial charge in [-0.1, -0.05) is 102 Å². The van der Waals surface area contributed by atoms with E-state index in [0.29, 0.717) is 26.4 Å². The molecule has 1 atom stereocenters. The molecule has 0 fully saturated rings. The molecule has 9 heteroatoms. The number of amides is 1. The van der Waals surface area contributed by atoms with Crippen LogP contribution in [0.3, 0.4) is 0 Å². The van der Waals surface area contributed by atoms with Gasteiger partial charge in [0.05, 0.1) is 11.6 Å². The summed E-state index contributed by atoms with van der Waals surface area (Å²) >= 11 is 2.75. The molecule has 0 aliphatic carbocycles. The van der Waals surface area contributed by atoms with Gasteiger partial charge in [-0.2, -0.15) is 0 Å². The number of ketones is 1. The number of furan rings is 1. The van der Waals surface area contributed by atoms with Crippen molar-refractivity contribution in [1.29, 1.82) is 0 Å². The van der Waals surface area contributed by atoms with E-state index in [1.807, 2.05) is 78.9 Å². The van der Waals surface area contributed by atoms with E-state index in [0.717, 1.165) is 10.9 Å². The Balaban J connectivity index is 1.36. The summed E-state index contributed by atoms with van der Waals surface area (Å²) < 4.78 is 6.45. The molecular formula is C28H19N3O4S2. The van der Waals surface area contributed by atoms with Gasteiger partial charge < -0.3 is 9.52 Å². The number of benzene rings is 3. The molecule has 5 aromatic rings. The molecule has 0 saturated carbocycles. The molecule has 1 amide bonds. The molecule has 6 rings (SSSR count). The molecule has 182 valence electrons. The lowest BCUT2D eigenvalue weighted by molar-refractivity contribution is -0.117.